The summed E-state index contributed by atoms with van der Waals surface area (Å²) in [7, 11) is 0. The molecule has 4 aliphatic rings. The minimum absolute atomic E-state index is 0.0285. The van der Waals surface area contributed by atoms with Gasteiger partial charge in [0.15, 0.2) is 25.2 Å². The van der Waals surface area contributed by atoms with Gasteiger partial charge in [0.25, 0.3) is 11.8 Å². The van der Waals surface area contributed by atoms with Crippen molar-refractivity contribution in [3.05, 3.63) is 29.3 Å². The van der Waals surface area contributed by atoms with E-state index in [9.17, 15) is 76.7 Å². The molecule has 14 amide bonds. The van der Waals surface area contributed by atoms with Crippen LogP contribution in [0.5, 0.6) is 5.75 Å². The van der Waals surface area contributed by atoms with Gasteiger partial charge in [-0.05, 0) is 204 Å². The summed E-state index contributed by atoms with van der Waals surface area (Å²) < 4.78 is 58.4. The highest BCUT2D eigenvalue weighted by Crippen LogP contribution is 2.29. The number of carboxylic acid groups (broad SMARTS) is 1. The van der Waals surface area contributed by atoms with Gasteiger partial charge in [0.05, 0.1) is 49.7 Å². The maximum atomic E-state index is 14.2. The fourth-order valence-corrected chi connectivity index (χ4v) is 16.5. The molecule has 4 saturated heterocycles. The van der Waals surface area contributed by atoms with Gasteiger partial charge in [-0.2, -0.15) is 0 Å². The highest BCUT2D eigenvalue weighted by molar-refractivity contribution is 6.00. The van der Waals surface area contributed by atoms with Crippen LogP contribution >= 0.6 is 0 Å². The van der Waals surface area contributed by atoms with Crippen molar-refractivity contribution in [1.29, 1.82) is 0 Å². The number of carbonyl (C=O) groups excluding carboxylic acids is 15. The molecule has 42 heteroatoms. The van der Waals surface area contributed by atoms with Crippen LogP contribution in [0.25, 0.3) is 0 Å². The molecule has 0 aromatic heterocycles. The SMILES string of the molecule is CCCNC(=O)C(COC(=O)CCC(=O)O)NC(=O)CCCCCCCCCCC(=O)NCCCCCOc1cc(C(=O)NCCNC(=O)C(CCCCNC(=O)CCCCOC2OCCCC2NC(C)=O)NC(=O)CCCCOC2OCCCC2NC(C)=O)cc(C(=O)NCCNC(=O)C(CCCCNC(=O)CCCCOC2OCCCC2N)NC(=O)CCCCOC2OC(CC)CC(C)C2NC(C)=O)c1. The zero-order valence-corrected chi connectivity index (χ0v) is 85.1. The van der Waals surface area contributed by atoms with Crippen molar-refractivity contribution in [1.82, 2.24) is 74.4 Å². The number of amides is 14. The molecule has 42 nitrogen and oxygen atoms in total. The van der Waals surface area contributed by atoms with Crippen LogP contribution in [0, 0.1) is 5.92 Å². The van der Waals surface area contributed by atoms with Crippen molar-refractivity contribution in [3.8, 4) is 5.75 Å². The van der Waals surface area contributed by atoms with E-state index in [-0.39, 0.29) is 204 Å². The van der Waals surface area contributed by atoms with Crippen LogP contribution in [0.4, 0.5) is 0 Å². The van der Waals surface area contributed by atoms with Crippen LogP contribution in [0.15, 0.2) is 18.2 Å². The molecule has 13 atom stereocenters. The summed E-state index contributed by atoms with van der Waals surface area (Å²) in [6.45, 7) is 14.1. The Labute approximate surface area is 837 Å². The number of carboxylic acids is 1. The molecule has 0 saturated carbocycles. The maximum Gasteiger partial charge on any atom is 0.306 e. The number of benzene rings is 1. The van der Waals surface area contributed by atoms with Gasteiger partial charge in [0.2, 0.25) is 70.9 Å². The fraction of sp³-hybridized carbons (Fsp3) is 0.780. The highest BCUT2D eigenvalue weighted by atomic mass is 16.7. The normalized spacial score (nSPS) is 19.5. The molecule has 4 aliphatic heterocycles. The van der Waals surface area contributed by atoms with Gasteiger partial charge >= 0.3 is 11.9 Å². The molecule has 0 radical (unpaired) electrons. The van der Waals surface area contributed by atoms with Gasteiger partial charge in [-0.15, -0.1) is 0 Å². The first-order chi connectivity index (χ1) is 68.5. The molecule has 1 aromatic rings. The Balaban J connectivity index is 1.17. The molecule has 142 heavy (non-hydrogen) atoms. The molecule has 0 aliphatic carbocycles. The Hall–Kier alpha value is -9.82. The minimum Gasteiger partial charge on any atom is -0.494 e. The van der Waals surface area contributed by atoms with Crippen LogP contribution in [0.2, 0.25) is 0 Å². The van der Waals surface area contributed by atoms with Gasteiger partial charge in [0, 0.05) is 169 Å². The highest BCUT2D eigenvalue weighted by Gasteiger charge is 2.38. The van der Waals surface area contributed by atoms with E-state index in [0.29, 0.717) is 188 Å². The van der Waals surface area contributed by atoms with Gasteiger partial charge in [-0.25, -0.2) is 0 Å². The lowest BCUT2D eigenvalue weighted by atomic mass is 9.90. The van der Waals surface area contributed by atoms with Crippen molar-refractivity contribution in [3.63, 3.8) is 0 Å². The molecule has 4 heterocycles. The van der Waals surface area contributed by atoms with Crippen molar-refractivity contribution in [2.24, 2.45) is 11.7 Å². The molecule has 17 N–H and O–H groups in total. The average molecular weight is 2010 g/mol. The third-order valence-electron chi connectivity index (χ3n) is 24.4. The number of rotatable bonds is 77. The first-order valence-electron chi connectivity index (χ1n) is 52.3. The van der Waals surface area contributed by atoms with E-state index in [1.807, 2.05) is 20.8 Å². The summed E-state index contributed by atoms with van der Waals surface area (Å²) in [6, 6.07) is 0.192. The molecular formula is C100H169N15O27. The number of ether oxygens (including phenoxy) is 10. The van der Waals surface area contributed by atoms with Crippen molar-refractivity contribution >= 4 is 94.6 Å². The van der Waals surface area contributed by atoms with E-state index in [0.717, 1.165) is 83.5 Å². The Morgan fingerprint density at radius 3 is 1.22 bits per heavy atom. The number of aliphatic carboxylic acids is 1. The van der Waals surface area contributed by atoms with Gasteiger partial charge in [0.1, 0.15) is 30.5 Å². The summed E-state index contributed by atoms with van der Waals surface area (Å²) >= 11 is 0. The predicted molar refractivity (Wildman–Crippen MR) is 526 cm³/mol. The quantitative estimate of drug-likeness (QED) is 0.0260. The maximum absolute atomic E-state index is 14.2. The standard InChI is InChI=1S/C100H169N15O27/c1-7-48-105-96(132)82(68-141-90(127)47-46-89(125)126)115-88(124)43-17-14-12-10-9-11-13-16-40-83(119)102-49-24-15-27-56-133-76-66-73(92(128)106-52-54-108-94(130)78(113-86(122)44-22-30-59-137-99-81(111-71(5)117)39-34-63-139-99)36-19-26-51-104-85(121)42-21-29-58-136-98-80(110-70(4)116)38-33-62-138-98)65-74(67-76)93(129)107-53-55-109-95(131)79(37-18-25-50-103-84(120)41-20-28-57-134-97-77(101)35-32-61-135-97)114-87(123)45-23-31-60-140-100-91(112-72(6)118)69(3)64-75(8-2)142-100/h65-67,69,75,77-82,91,97-100H,7-64,68,101H2,1-6H3,(H,102,119)(H,103,120)(H,104,121)(H,105,132)(H,106,128)(H,107,129)(H,108,130)(H,109,131)(H,110,116)(H,111,117)(H,112,118)(H,113,122)(H,114,123)(H,115,124)(H,125,126). The Kier molecular flexibility index (Phi) is 64.8. The molecule has 0 bridgehead atoms. The second-order valence-electron chi connectivity index (χ2n) is 37.1. The third kappa shape index (κ3) is 56.4. The lowest BCUT2D eigenvalue weighted by molar-refractivity contribution is -0.220. The first-order valence-corrected chi connectivity index (χ1v) is 52.3. The Bertz CT molecular complexity index is 3930. The second-order valence-corrected chi connectivity index (χ2v) is 37.1. The van der Waals surface area contributed by atoms with Crippen LogP contribution < -0.4 is 84.9 Å². The molecule has 13 unspecified atom stereocenters. The minimum atomic E-state index is -1.16. The topological polar surface area (TPSA) is 580 Å². The summed E-state index contributed by atoms with van der Waals surface area (Å²) in [5.41, 5.74) is 6.20. The first kappa shape index (κ1) is 123. The van der Waals surface area contributed by atoms with Gasteiger partial charge < -0.3 is 133 Å². The van der Waals surface area contributed by atoms with Gasteiger partial charge in [-0.3, -0.25) is 76.7 Å². The number of nitrogens with two attached hydrogens (primary N) is 1. The largest absolute Gasteiger partial charge is 0.494 e. The molecular weight excluding hydrogens is 1840 g/mol. The third-order valence-corrected chi connectivity index (χ3v) is 24.4. The molecule has 4 fully saturated rings. The van der Waals surface area contributed by atoms with E-state index < -0.39 is 97.8 Å². The monoisotopic (exact) mass is 2010 g/mol. The summed E-state index contributed by atoms with van der Waals surface area (Å²) in [4.78, 5) is 206. The van der Waals surface area contributed by atoms with Crippen molar-refractivity contribution in [2.45, 2.75) is 385 Å². The van der Waals surface area contributed by atoms with E-state index >= 15 is 0 Å². The number of hydrogen-bond donors (Lipinski definition) is 16. The Morgan fingerprint density at radius 1 is 0.394 bits per heavy atom. The van der Waals surface area contributed by atoms with Crippen LogP contribution in [-0.2, 0) is 110 Å². The summed E-state index contributed by atoms with van der Waals surface area (Å²) in [5.74, 6) is -6.43. The predicted octanol–water partition coefficient (Wildman–Crippen LogP) is 6.07. The summed E-state index contributed by atoms with van der Waals surface area (Å²) in [6.07, 6.45) is 20.1. The summed E-state index contributed by atoms with van der Waals surface area (Å²) in [5, 5.41) is 48.8. The number of carbonyl (C=O) groups is 16. The van der Waals surface area contributed by atoms with Crippen LogP contribution in [0.1, 0.15) is 332 Å². The van der Waals surface area contributed by atoms with E-state index in [4.69, 9.17) is 58.2 Å². The average Bonchev–Trinajstić information content (AvgIpc) is 0.802. The van der Waals surface area contributed by atoms with E-state index in [1.54, 1.807) is 0 Å². The molecule has 0 spiro atoms. The van der Waals surface area contributed by atoms with Gasteiger partial charge in [-0.1, -0.05) is 59.3 Å². The second kappa shape index (κ2) is 75.0. The zero-order valence-electron chi connectivity index (χ0n) is 85.1. The smallest absolute Gasteiger partial charge is 0.306 e. The number of hydrogen-bond acceptors (Lipinski definition) is 27. The van der Waals surface area contributed by atoms with E-state index in [2.05, 4.69) is 74.4 Å². The number of unbranched alkanes of at least 4 members (excludes halogenated alkanes) is 15. The van der Waals surface area contributed by atoms with Crippen LogP contribution in [-0.4, -0.2) is 285 Å². The van der Waals surface area contributed by atoms with Crippen molar-refractivity contribution in [2.75, 3.05) is 112 Å². The molecule has 5 rings (SSSR count). The molecule has 806 valence electrons. The number of esters is 1. The molecule has 1 aromatic carbocycles. The Morgan fingerprint density at radius 2 is 0.775 bits per heavy atom. The lowest BCUT2D eigenvalue weighted by Crippen LogP contribution is -2.54. The fourth-order valence-electron chi connectivity index (χ4n) is 16.5. The number of nitrogens with one attached hydrogen (secondary N) is 14. The van der Waals surface area contributed by atoms with Crippen molar-refractivity contribution < 1.29 is 129 Å². The zero-order chi connectivity index (χ0) is 103. The van der Waals surface area contributed by atoms with Crippen LogP contribution in [0.3, 0.4) is 0 Å². The van der Waals surface area contributed by atoms with E-state index in [1.165, 1.54) is 39.0 Å². The lowest BCUT2D eigenvalue weighted by Gasteiger charge is -2.40.